The number of benzene rings is 10. The summed E-state index contributed by atoms with van der Waals surface area (Å²) in [6, 6.07) is 73.5. The van der Waals surface area contributed by atoms with Gasteiger partial charge in [0.2, 0.25) is 0 Å². The fourth-order valence-corrected chi connectivity index (χ4v) is 14.3. The van der Waals surface area contributed by atoms with E-state index in [-0.39, 0.29) is 146 Å². The van der Waals surface area contributed by atoms with Gasteiger partial charge in [0.15, 0.2) is 0 Å². The molecule has 570 valence electrons. The van der Waals surface area contributed by atoms with Crippen LogP contribution in [0.5, 0.6) is 46.0 Å². The zero-order valence-electron chi connectivity index (χ0n) is 68.6. The van der Waals surface area contributed by atoms with Crippen molar-refractivity contribution in [3.8, 4) is 46.0 Å². The number of rotatable bonds is 27. The van der Waals surface area contributed by atoms with Crippen LogP contribution in [0.25, 0.3) is 0 Å². The van der Waals surface area contributed by atoms with Gasteiger partial charge in [-0.2, -0.15) is 0 Å². The number of aromatic nitrogens is 1. The second-order valence-electron chi connectivity index (χ2n) is 27.0. The van der Waals surface area contributed by atoms with E-state index in [0.29, 0.717) is 97.3 Å². The summed E-state index contributed by atoms with van der Waals surface area (Å²) in [6.07, 6.45) is 8.36. The van der Waals surface area contributed by atoms with E-state index in [1.807, 2.05) is 153 Å². The Morgan fingerprint density at radius 3 is 1.11 bits per heavy atom. The minimum absolute atomic E-state index is 0. The van der Waals surface area contributed by atoms with Gasteiger partial charge in [-0.05, 0) is 283 Å². The quantitative estimate of drug-likeness (QED) is 0.0219. The van der Waals surface area contributed by atoms with Gasteiger partial charge in [0.05, 0.1) is 0 Å². The maximum Gasteiger partial charge on any atom is 1.00 e. The first-order valence-corrected chi connectivity index (χ1v) is 40.9. The Kier molecular flexibility index (Phi) is 46.4. The van der Waals surface area contributed by atoms with Crippen LogP contribution >= 0.6 is 8.02 Å². The molecule has 0 bridgehead atoms. The first-order chi connectivity index (χ1) is 51.7. The number of ether oxygens (including phenoxy) is 4. The molecule has 0 fully saturated rings. The molecule has 5 atom stereocenters. The van der Waals surface area contributed by atoms with Crippen LogP contribution in [0.3, 0.4) is 0 Å². The third-order valence-corrected chi connectivity index (χ3v) is 21.3. The average molecular weight is 1810 g/mol. The van der Waals surface area contributed by atoms with Gasteiger partial charge in [-0.1, -0.05) is 194 Å². The number of pyridine rings is 1. The molecule has 5 unspecified atom stereocenters. The summed E-state index contributed by atoms with van der Waals surface area (Å²) in [6.45, 7) is 26.8. The Bertz CT molecular complexity index is 4770. The maximum atomic E-state index is 15.9. The summed E-state index contributed by atoms with van der Waals surface area (Å²) in [5.41, 5.74) is 11.2. The van der Waals surface area contributed by atoms with Crippen LogP contribution < -0.4 is 128 Å². The maximum absolute atomic E-state index is 15.9. The molecular weight excluding hydrogens is 1720 g/mol. The minimum Gasteiger partial charge on any atom is -0.845 e. The summed E-state index contributed by atoms with van der Waals surface area (Å²) in [4.78, 5) is 6.84. The molecule has 0 N–H and O–H groups in total. The molecule has 11 aromatic rings. The van der Waals surface area contributed by atoms with E-state index < -0.39 is 44.9 Å². The van der Waals surface area contributed by atoms with Crippen LogP contribution in [0, 0.1) is 51.2 Å². The molecule has 1 aromatic heterocycles. The van der Waals surface area contributed by atoms with E-state index in [1.54, 1.807) is 62.6 Å². The molecule has 25 heteroatoms. The minimum atomic E-state index is -2.34. The fourth-order valence-electron chi connectivity index (χ4n) is 13.2. The number of hydrogen-bond acceptors (Lipinski definition) is 15. The largest absolute Gasteiger partial charge is 1.00 e. The van der Waals surface area contributed by atoms with Gasteiger partial charge in [0.25, 0.3) is 0 Å². The third kappa shape index (κ3) is 27.6. The monoisotopic (exact) mass is 1810 g/mol. The molecule has 0 saturated heterocycles. The van der Waals surface area contributed by atoms with Crippen molar-refractivity contribution >= 4 is 58.8 Å². The first-order valence-electron chi connectivity index (χ1n) is 35.9. The first kappa shape index (κ1) is 105. The summed E-state index contributed by atoms with van der Waals surface area (Å²) < 4.78 is 88.5. The molecule has 10 aromatic carbocycles. The van der Waals surface area contributed by atoms with E-state index in [4.69, 9.17) is 27.7 Å². The normalized spacial score (nSPS) is 12.3. The topological polar surface area (TPSA) is 220 Å². The molecule has 0 saturated carbocycles. The van der Waals surface area contributed by atoms with Crippen LogP contribution in [0.15, 0.2) is 253 Å². The van der Waals surface area contributed by atoms with Crippen LogP contribution in [-0.2, 0) is 74.3 Å². The van der Waals surface area contributed by atoms with E-state index in [1.165, 1.54) is 17.7 Å². The molecule has 14 nitrogen and oxygen atoms in total. The number of anilines is 1. The van der Waals surface area contributed by atoms with Crippen LogP contribution in [-0.4, -0.2) is 44.4 Å². The van der Waals surface area contributed by atoms with Crippen molar-refractivity contribution in [1.82, 2.24) is 4.98 Å². The van der Waals surface area contributed by atoms with Crippen molar-refractivity contribution in [2.24, 2.45) is 0 Å². The zero-order valence-corrected chi connectivity index (χ0v) is 77.1. The number of nitrogens with zero attached hydrogens (tertiary/aromatic N) is 2. The number of hydrogen-bond donors (Lipinski definition) is 0. The van der Waals surface area contributed by atoms with Crippen LogP contribution in [0.1, 0.15) is 172 Å². The van der Waals surface area contributed by atoms with Crippen molar-refractivity contribution in [3.63, 3.8) is 0 Å². The predicted molar refractivity (Wildman–Crippen MR) is 434 cm³/mol. The summed E-state index contributed by atoms with van der Waals surface area (Å²) in [5, 5.41) is 29.1. The SMILES string of the molecule is CCc1ccc(Oc2ccc(C(C)(C)c3ccc(Oc4ccc(C)c(S(=O)[O-])c4)cc3)cc2)cc1C([O-])(c1ccc(C(CC)CC)cc1)c1ccc(N(CC)CC)cc1.CCc1ccc(Oc2ccc(C(C)(C)c3ccc(Oc4ccc(C)c(S(=O)[O-])c4)cc3)cc2)cc1C([O-])c1cccnc1.P=S.[CH2-]S(=O)[O-].[Li+].[Li+].[Li+].[Li+].[Li+].[U]. The molecule has 0 aliphatic carbocycles. The summed E-state index contributed by atoms with van der Waals surface area (Å²) in [5.74, 6) is 5.19. The average Bonchev–Trinajstić information content (AvgIpc) is 0.747. The van der Waals surface area contributed by atoms with Crippen molar-refractivity contribution in [1.29, 1.82) is 0 Å². The van der Waals surface area contributed by atoms with Crippen molar-refractivity contribution in [2.45, 2.75) is 147 Å². The van der Waals surface area contributed by atoms with Gasteiger partial charge < -0.3 is 51.9 Å². The Morgan fingerprint density at radius 1 is 0.456 bits per heavy atom. The smallest absolute Gasteiger partial charge is 0.845 e. The molecule has 1 heterocycles. The van der Waals surface area contributed by atoms with Crippen molar-refractivity contribution < 1.29 is 181 Å². The molecule has 0 aliphatic heterocycles. The standard InChI is InChI=1S/C52H58NO5S.C36H34NO5S.CH3O2S.5Li.HPS.U/c1-9-37(10-2)39-15-18-42(19-16-39)52(54,43-20-26-44(27-21-43)53(12-4)13-5)49-34-47(29-17-38(49)11-3)57-45-30-22-40(23-31-45)51(7,8)41-24-32-46(33-25-41)58-48-28-14-36(6)50(35-48)59(55)56;1-5-25-9-15-31(21-33(25)35(38)26-7-6-20-37-23-26)41-29-16-10-27(11-17-29)36(3,4)28-12-18-30(19-13-28)42-32-14-8-24(2)34(22-32)43(39)40;1-4(2)3;;;;;;1-2;/h14-35,37H,9-13H2,1-8H3,(H,55,56);6-23,35H,5H2,1-4H3,(H,39,40);1H2,(H,2,3);;;;;;1H;/q3*-1;5*+1;;/p-3. The van der Waals surface area contributed by atoms with E-state index in [2.05, 4.69) is 135 Å². The fraction of sp³-hybridized carbons (Fsp3) is 0.258. The Morgan fingerprint density at radius 2 is 0.781 bits per heavy atom. The third-order valence-electron chi connectivity index (χ3n) is 19.7. The van der Waals surface area contributed by atoms with Crippen LogP contribution in [0.2, 0.25) is 0 Å². The number of aryl methyl sites for hydroxylation is 4. The van der Waals surface area contributed by atoms with Gasteiger partial charge in [-0.15, -0.1) is 0 Å². The van der Waals surface area contributed by atoms with E-state index in [0.717, 1.165) is 71.4 Å². The zero-order chi connectivity index (χ0) is 78.5. The second kappa shape index (κ2) is 50.3. The molecule has 0 radical (unpaired) electrons. The van der Waals surface area contributed by atoms with Crippen LogP contribution in [0.4, 0.5) is 5.69 Å². The van der Waals surface area contributed by atoms with E-state index in [9.17, 15) is 22.6 Å². The molecular formula is C89H93Li5N2O12PS4U-. The Labute approximate surface area is 774 Å². The molecule has 114 heavy (non-hydrogen) atoms. The van der Waals surface area contributed by atoms with Gasteiger partial charge in [-0.25, -0.2) is 11.1 Å². The molecule has 0 aliphatic rings. The summed E-state index contributed by atoms with van der Waals surface area (Å²) in [7, 11) is 2.56. The summed E-state index contributed by atoms with van der Waals surface area (Å²) >= 11 is -2.89. The van der Waals surface area contributed by atoms with Gasteiger partial charge in [-0.3, -0.25) is 19.7 Å². The van der Waals surface area contributed by atoms with Gasteiger partial charge in [0, 0.05) is 82.9 Å². The molecule has 0 amide bonds. The Balaban J connectivity index is 0.000000714. The Hall–Kier alpha value is -4.84. The predicted octanol–water partition coefficient (Wildman–Crippen LogP) is 4.93. The van der Waals surface area contributed by atoms with Crippen molar-refractivity contribution in [2.75, 3.05) is 18.0 Å². The molecule has 11 rings (SSSR count). The van der Waals surface area contributed by atoms with E-state index >= 15 is 5.11 Å². The van der Waals surface area contributed by atoms with Gasteiger partial charge in [0.1, 0.15) is 46.0 Å². The van der Waals surface area contributed by atoms with Gasteiger partial charge >= 0.3 is 94.3 Å². The second-order valence-corrected chi connectivity index (χ2v) is 29.4. The molecule has 0 spiro atoms. The van der Waals surface area contributed by atoms with Crippen molar-refractivity contribution in [3.05, 3.63) is 327 Å².